The molecule has 5 rings (SSSR count). The lowest BCUT2D eigenvalue weighted by Gasteiger charge is -2.21. The summed E-state index contributed by atoms with van der Waals surface area (Å²) in [7, 11) is 1.61. The standard InChI is InChI=1S/C25H25N5O3S/c1-15-11-19(18-8-3-4-9-21(18)32-2)20(14-26-15)23(31)30-25-29-22-24(34-25)28-16(13-27-22)12-17-7-5-6-10-33-17/h3-4,8-9,11,13-14,17H,5-7,10,12H2,1-2H3,(H,27,29,30,31)/t17-/m1/s1. The molecule has 1 aliphatic rings. The number of benzene rings is 1. The number of anilines is 1. The topological polar surface area (TPSA) is 99.1 Å². The molecule has 0 unspecified atom stereocenters. The van der Waals surface area contributed by atoms with Gasteiger partial charge >= 0.3 is 0 Å². The van der Waals surface area contributed by atoms with Gasteiger partial charge in [0.05, 0.1) is 30.7 Å². The number of thiazole rings is 1. The van der Waals surface area contributed by atoms with Crippen LogP contribution in [0.2, 0.25) is 0 Å². The van der Waals surface area contributed by atoms with Gasteiger partial charge in [0.1, 0.15) is 5.75 Å². The van der Waals surface area contributed by atoms with Gasteiger partial charge in [-0.15, -0.1) is 0 Å². The molecule has 174 valence electrons. The highest BCUT2D eigenvalue weighted by Gasteiger charge is 2.20. The lowest BCUT2D eigenvalue weighted by molar-refractivity contribution is 0.0162. The van der Waals surface area contributed by atoms with Gasteiger partial charge in [0.15, 0.2) is 15.6 Å². The second-order valence-corrected chi connectivity index (χ2v) is 9.21. The van der Waals surface area contributed by atoms with Crippen LogP contribution in [0.15, 0.2) is 42.7 Å². The quantitative estimate of drug-likeness (QED) is 0.426. The number of aryl methyl sites for hydroxylation is 1. The molecule has 9 heteroatoms. The molecule has 0 spiro atoms. The summed E-state index contributed by atoms with van der Waals surface area (Å²) in [6, 6.07) is 9.48. The molecule has 1 amide bonds. The molecule has 0 radical (unpaired) electrons. The Hall–Kier alpha value is -3.43. The van der Waals surface area contributed by atoms with E-state index in [0.29, 0.717) is 26.9 Å². The van der Waals surface area contributed by atoms with Crippen LogP contribution in [0.5, 0.6) is 5.75 Å². The smallest absolute Gasteiger partial charge is 0.259 e. The van der Waals surface area contributed by atoms with Crippen molar-refractivity contribution in [3.63, 3.8) is 0 Å². The largest absolute Gasteiger partial charge is 0.496 e. The molecule has 1 fully saturated rings. The minimum atomic E-state index is -0.303. The van der Waals surface area contributed by atoms with Crippen LogP contribution in [-0.4, -0.2) is 45.7 Å². The third-order valence-electron chi connectivity index (χ3n) is 5.79. The number of hydrogen-bond donors (Lipinski definition) is 1. The summed E-state index contributed by atoms with van der Waals surface area (Å²) in [6.45, 7) is 2.70. The first-order chi connectivity index (χ1) is 16.6. The number of nitrogens with one attached hydrogen (secondary N) is 1. The fourth-order valence-corrected chi connectivity index (χ4v) is 4.92. The van der Waals surface area contributed by atoms with Crippen molar-refractivity contribution in [2.75, 3.05) is 19.0 Å². The first-order valence-electron chi connectivity index (χ1n) is 11.3. The zero-order valence-corrected chi connectivity index (χ0v) is 19.9. The van der Waals surface area contributed by atoms with Crippen LogP contribution < -0.4 is 10.1 Å². The molecule has 1 atom stereocenters. The normalized spacial score (nSPS) is 15.9. The van der Waals surface area contributed by atoms with E-state index in [2.05, 4.69) is 20.3 Å². The van der Waals surface area contributed by atoms with Crippen LogP contribution in [0.4, 0.5) is 5.13 Å². The summed E-state index contributed by atoms with van der Waals surface area (Å²) in [5, 5.41) is 3.34. The Morgan fingerprint density at radius 3 is 2.88 bits per heavy atom. The first-order valence-corrected chi connectivity index (χ1v) is 12.1. The summed E-state index contributed by atoms with van der Waals surface area (Å²) in [5.74, 6) is 0.383. The van der Waals surface area contributed by atoms with Crippen LogP contribution in [0, 0.1) is 6.92 Å². The van der Waals surface area contributed by atoms with E-state index in [1.807, 2.05) is 37.3 Å². The lowest BCUT2D eigenvalue weighted by Crippen LogP contribution is -2.21. The lowest BCUT2D eigenvalue weighted by atomic mass is 9.99. The molecule has 1 aliphatic heterocycles. The summed E-state index contributed by atoms with van der Waals surface area (Å²) in [5.41, 5.74) is 4.20. The number of aromatic nitrogens is 4. The van der Waals surface area contributed by atoms with Gasteiger partial charge < -0.3 is 9.47 Å². The summed E-state index contributed by atoms with van der Waals surface area (Å²) >= 11 is 1.31. The van der Waals surface area contributed by atoms with Crippen molar-refractivity contribution in [1.82, 2.24) is 19.9 Å². The van der Waals surface area contributed by atoms with Crippen molar-refractivity contribution < 1.29 is 14.3 Å². The van der Waals surface area contributed by atoms with Gasteiger partial charge in [0.25, 0.3) is 5.91 Å². The van der Waals surface area contributed by atoms with Gasteiger partial charge in [-0.1, -0.05) is 29.5 Å². The molecular formula is C25H25N5O3S. The Bertz CT molecular complexity index is 1330. The molecule has 1 aromatic carbocycles. The first kappa shape index (κ1) is 22.4. The van der Waals surface area contributed by atoms with Crippen LogP contribution >= 0.6 is 11.3 Å². The highest BCUT2D eigenvalue weighted by molar-refractivity contribution is 7.21. The highest BCUT2D eigenvalue weighted by Crippen LogP contribution is 2.33. The van der Waals surface area contributed by atoms with Crippen LogP contribution in [-0.2, 0) is 11.2 Å². The summed E-state index contributed by atoms with van der Waals surface area (Å²) in [6.07, 6.45) is 7.60. The number of carbonyl (C=O) groups excluding carboxylic acids is 1. The summed E-state index contributed by atoms with van der Waals surface area (Å²) < 4.78 is 11.3. The van der Waals surface area contributed by atoms with Gasteiger partial charge in [-0.05, 0) is 38.3 Å². The Kier molecular flexibility index (Phi) is 6.46. The second-order valence-electron chi connectivity index (χ2n) is 8.23. The second kappa shape index (κ2) is 9.82. The van der Waals surface area contributed by atoms with Crippen molar-refractivity contribution in [2.45, 2.75) is 38.7 Å². The van der Waals surface area contributed by atoms with E-state index in [4.69, 9.17) is 14.5 Å². The monoisotopic (exact) mass is 475 g/mol. The van der Waals surface area contributed by atoms with Crippen molar-refractivity contribution >= 4 is 32.9 Å². The maximum atomic E-state index is 13.2. The van der Waals surface area contributed by atoms with Crippen molar-refractivity contribution in [3.05, 3.63) is 59.7 Å². The number of pyridine rings is 1. The zero-order chi connectivity index (χ0) is 23.5. The maximum Gasteiger partial charge on any atom is 0.259 e. The number of methoxy groups -OCH3 is 1. The van der Waals surface area contributed by atoms with Gasteiger partial charge in [0.2, 0.25) is 0 Å². The molecule has 3 aromatic heterocycles. The molecule has 0 aliphatic carbocycles. The molecular weight excluding hydrogens is 450 g/mol. The SMILES string of the molecule is COc1ccccc1-c1cc(C)ncc1C(=O)Nc1nc2ncc(C[C@H]3CCCCO3)nc2s1. The number of hydrogen-bond acceptors (Lipinski definition) is 8. The van der Waals surface area contributed by atoms with Gasteiger partial charge in [-0.25, -0.2) is 9.97 Å². The van der Waals surface area contributed by atoms with Crippen molar-refractivity contribution in [3.8, 4) is 16.9 Å². The number of nitrogens with zero attached hydrogens (tertiary/aromatic N) is 4. The molecule has 0 bridgehead atoms. The molecule has 4 aromatic rings. The third-order valence-corrected chi connectivity index (χ3v) is 6.64. The fraction of sp³-hybridized carbons (Fsp3) is 0.320. The number of rotatable bonds is 6. The number of amides is 1. The Labute approximate surface area is 201 Å². The predicted octanol–water partition coefficient (Wildman–Crippen LogP) is 4.83. The number of ether oxygens (including phenoxy) is 2. The minimum absolute atomic E-state index is 0.190. The van der Waals surface area contributed by atoms with Crippen LogP contribution in [0.3, 0.4) is 0 Å². The van der Waals surface area contributed by atoms with Gasteiger partial charge in [-0.2, -0.15) is 4.98 Å². The van der Waals surface area contributed by atoms with E-state index in [9.17, 15) is 4.79 Å². The number of para-hydroxylation sites is 1. The van der Waals surface area contributed by atoms with Crippen LogP contribution in [0.25, 0.3) is 21.6 Å². The molecule has 1 N–H and O–H groups in total. The van der Waals surface area contributed by atoms with Gasteiger partial charge in [-0.3, -0.25) is 15.1 Å². The Balaban J connectivity index is 1.39. The molecule has 34 heavy (non-hydrogen) atoms. The number of carbonyl (C=O) groups is 1. The average Bonchev–Trinajstić information content (AvgIpc) is 3.26. The molecule has 1 saturated heterocycles. The average molecular weight is 476 g/mol. The van der Waals surface area contributed by atoms with E-state index in [0.717, 1.165) is 48.4 Å². The fourth-order valence-electron chi connectivity index (χ4n) is 4.10. The van der Waals surface area contributed by atoms with Crippen molar-refractivity contribution in [1.29, 1.82) is 0 Å². The summed E-state index contributed by atoms with van der Waals surface area (Å²) in [4.78, 5) is 31.9. The zero-order valence-electron chi connectivity index (χ0n) is 19.1. The molecule has 4 heterocycles. The van der Waals surface area contributed by atoms with E-state index in [1.165, 1.54) is 17.8 Å². The van der Waals surface area contributed by atoms with E-state index in [-0.39, 0.29) is 12.0 Å². The van der Waals surface area contributed by atoms with E-state index in [1.54, 1.807) is 19.5 Å². The maximum absolute atomic E-state index is 13.2. The molecule has 8 nitrogen and oxygen atoms in total. The van der Waals surface area contributed by atoms with E-state index < -0.39 is 0 Å². The Morgan fingerprint density at radius 2 is 2.06 bits per heavy atom. The minimum Gasteiger partial charge on any atom is -0.496 e. The number of fused-ring (bicyclic) bond motifs is 1. The third kappa shape index (κ3) is 4.76. The van der Waals surface area contributed by atoms with E-state index >= 15 is 0 Å². The highest BCUT2D eigenvalue weighted by atomic mass is 32.1. The van der Waals surface area contributed by atoms with Gasteiger partial charge in [0, 0.05) is 36.0 Å². The molecule has 0 saturated carbocycles. The van der Waals surface area contributed by atoms with Crippen molar-refractivity contribution in [2.24, 2.45) is 0 Å². The Morgan fingerprint density at radius 1 is 1.18 bits per heavy atom. The van der Waals surface area contributed by atoms with Crippen LogP contribution in [0.1, 0.15) is 41.0 Å². The predicted molar refractivity (Wildman–Crippen MR) is 131 cm³/mol.